The van der Waals surface area contributed by atoms with Crippen LogP contribution in [0.4, 0.5) is 14.9 Å². The van der Waals surface area contributed by atoms with Crippen LogP contribution in [0.1, 0.15) is 42.5 Å². The topological polar surface area (TPSA) is 52.7 Å². The van der Waals surface area contributed by atoms with E-state index in [-0.39, 0.29) is 23.7 Å². The lowest BCUT2D eigenvalue weighted by Crippen LogP contribution is -2.48. The molecule has 130 valence electrons. The zero-order valence-corrected chi connectivity index (χ0v) is 14.2. The first kappa shape index (κ1) is 16.7. The van der Waals surface area contributed by atoms with Crippen molar-refractivity contribution in [3.8, 4) is 0 Å². The number of carbonyl (C=O) groups is 2. The van der Waals surface area contributed by atoms with E-state index in [1.165, 1.54) is 35.9 Å². The van der Waals surface area contributed by atoms with Gasteiger partial charge in [-0.2, -0.15) is 0 Å². The maximum atomic E-state index is 14.1. The number of nitrogens with one attached hydrogen (secondary N) is 1. The first-order chi connectivity index (χ1) is 11.5. The van der Waals surface area contributed by atoms with Crippen LogP contribution in [0, 0.1) is 11.7 Å². The van der Waals surface area contributed by atoms with Crippen LogP contribution in [0.5, 0.6) is 0 Å². The van der Waals surface area contributed by atoms with Crippen LogP contribution in [-0.4, -0.2) is 48.4 Å². The number of piperidine rings is 1. The summed E-state index contributed by atoms with van der Waals surface area (Å²) in [5, 5.41) is 2.67. The molecule has 1 aliphatic heterocycles. The van der Waals surface area contributed by atoms with Crippen molar-refractivity contribution in [2.75, 3.05) is 26.0 Å². The number of amides is 3. The number of anilines is 1. The summed E-state index contributed by atoms with van der Waals surface area (Å²) >= 11 is 0. The highest BCUT2D eigenvalue weighted by molar-refractivity contribution is 5.96. The standard InChI is InChI=1S/C18H24FN3O2/c1-21(2)17(23)13-8-9-14(19)15(11-13)20-18(24)22-10-4-6-12-5-3-7-16(12)22/h8-9,11-12,16H,3-7,10H2,1-2H3,(H,20,24)/t12-,16+/m1/s1. The van der Waals surface area contributed by atoms with E-state index in [0.29, 0.717) is 18.0 Å². The third kappa shape index (κ3) is 3.23. The van der Waals surface area contributed by atoms with E-state index in [2.05, 4.69) is 5.32 Å². The molecule has 1 saturated heterocycles. The van der Waals surface area contributed by atoms with Gasteiger partial charge in [0, 0.05) is 32.2 Å². The fourth-order valence-corrected chi connectivity index (χ4v) is 3.91. The number of hydrogen-bond donors (Lipinski definition) is 1. The Kier molecular flexibility index (Phi) is 4.73. The second kappa shape index (κ2) is 6.79. The van der Waals surface area contributed by atoms with Crippen molar-refractivity contribution in [3.05, 3.63) is 29.6 Å². The minimum absolute atomic E-state index is 0.0628. The molecule has 0 spiro atoms. The van der Waals surface area contributed by atoms with Crippen molar-refractivity contribution < 1.29 is 14.0 Å². The Balaban J connectivity index is 1.76. The second-order valence-corrected chi connectivity index (χ2v) is 6.92. The van der Waals surface area contributed by atoms with Gasteiger partial charge < -0.3 is 15.1 Å². The Labute approximate surface area is 141 Å². The van der Waals surface area contributed by atoms with Gasteiger partial charge in [0.05, 0.1) is 5.69 Å². The summed E-state index contributed by atoms with van der Waals surface area (Å²) in [7, 11) is 3.27. The lowest BCUT2D eigenvalue weighted by molar-refractivity contribution is 0.0827. The largest absolute Gasteiger partial charge is 0.345 e. The predicted molar refractivity (Wildman–Crippen MR) is 90.5 cm³/mol. The normalized spacial score (nSPS) is 22.9. The van der Waals surface area contributed by atoms with E-state index in [4.69, 9.17) is 0 Å². The maximum Gasteiger partial charge on any atom is 0.322 e. The van der Waals surface area contributed by atoms with E-state index in [1.807, 2.05) is 4.90 Å². The molecule has 1 heterocycles. The van der Waals surface area contributed by atoms with Crippen molar-refractivity contribution in [3.63, 3.8) is 0 Å². The molecule has 1 N–H and O–H groups in total. The Hall–Kier alpha value is -2.11. The Morgan fingerprint density at radius 1 is 1.21 bits per heavy atom. The molecule has 1 aliphatic carbocycles. The van der Waals surface area contributed by atoms with E-state index in [1.54, 1.807) is 14.1 Å². The van der Waals surface area contributed by atoms with E-state index < -0.39 is 5.82 Å². The summed E-state index contributed by atoms with van der Waals surface area (Å²) in [6.45, 7) is 0.713. The van der Waals surface area contributed by atoms with Gasteiger partial charge in [0.25, 0.3) is 5.91 Å². The lowest BCUT2D eigenvalue weighted by Gasteiger charge is -2.37. The molecule has 0 aromatic heterocycles. The summed E-state index contributed by atoms with van der Waals surface area (Å²) in [5.41, 5.74) is 0.418. The highest BCUT2D eigenvalue weighted by Crippen LogP contribution is 2.37. The van der Waals surface area contributed by atoms with Gasteiger partial charge in [0.15, 0.2) is 0 Å². The van der Waals surface area contributed by atoms with E-state index >= 15 is 0 Å². The zero-order valence-electron chi connectivity index (χ0n) is 14.2. The molecule has 3 amide bonds. The molecule has 0 unspecified atom stereocenters. The molecule has 2 atom stereocenters. The molecule has 1 aromatic carbocycles. The number of fused-ring (bicyclic) bond motifs is 1. The smallest absolute Gasteiger partial charge is 0.322 e. The van der Waals surface area contributed by atoms with Crippen molar-refractivity contribution in [2.24, 2.45) is 5.92 Å². The fourth-order valence-electron chi connectivity index (χ4n) is 3.91. The summed E-state index contributed by atoms with van der Waals surface area (Å²) < 4.78 is 14.1. The van der Waals surface area contributed by atoms with Gasteiger partial charge in [-0.15, -0.1) is 0 Å². The molecule has 1 saturated carbocycles. The molecule has 1 aromatic rings. The predicted octanol–water partition coefficient (Wildman–Crippen LogP) is 3.32. The fraction of sp³-hybridized carbons (Fsp3) is 0.556. The zero-order chi connectivity index (χ0) is 17.3. The van der Waals surface area contributed by atoms with Crippen LogP contribution in [0.2, 0.25) is 0 Å². The number of rotatable bonds is 2. The number of carbonyl (C=O) groups excluding carboxylic acids is 2. The molecule has 3 rings (SSSR count). The first-order valence-electron chi connectivity index (χ1n) is 8.56. The molecule has 6 heteroatoms. The van der Waals surface area contributed by atoms with Gasteiger partial charge in [0.1, 0.15) is 5.82 Å². The van der Waals surface area contributed by atoms with Crippen LogP contribution < -0.4 is 5.32 Å². The number of likely N-dealkylation sites (tertiary alicyclic amines) is 1. The second-order valence-electron chi connectivity index (χ2n) is 6.92. The van der Waals surface area contributed by atoms with Crippen LogP contribution in [0.25, 0.3) is 0 Å². The summed E-state index contributed by atoms with van der Waals surface area (Å²) in [6, 6.07) is 4.07. The van der Waals surface area contributed by atoms with E-state index in [0.717, 1.165) is 19.3 Å². The number of halogens is 1. The molecular formula is C18H24FN3O2. The van der Waals surface area contributed by atoms with Crippen LogP contribution >= 0.6 is 0 Å². The van der Waals surface area contributed by atoms with Gasteiger partial charge in [0.2, 0.25) is 0 Å². The minimum atomic E-state index is -0.529. The monoisotopic (exact) mass is 333 g/mol. The maximum absolute atomic E-state index is 14.1. The van der Waals surface area contributed by atoms with Crippen molar-refractivity contribution in [2.45, 2.75) is 38.1 Å². The summed E-state index contributed by atoms with van der Waals surface area (Å²) in [5.74, 6) is -0.172. The molecule has 5 nitrogen and oxygen atoms in total. The number of nitrogens with zero attached hydrogens (tertiary/aromatic N) is 2. The third-order valence-electron chi connectivity index (χ3n) is 5.12. The summed E-state index contributed by atoms with van der Waals surface area (Å²) in [4.78, 5) is 27.9. The molecule has 0 bridgehead atoms. The SMILES string of the molecule is CN(C)C(=O)c1ccc(F)c(NC(=O)N2CCC[C@H]3CCC[C@@H]32)c1. The third-order valence-corrected chi connectivity index (χ3v) is 5.12. The quantitative estimate of drug-likeness (QED) is 0.902. The minimum Gasteiger partial charge on any atom is -0.345 e. The van der Waals surface area contributed by atoms with Gasteiger partial charge in [-0.1, -0.05) is 6.42 Å². The highest BCUT2D eigenvalue weighted by Gasteiger charge is 2.37. The van der Waals surface area contributed by atoms with E-state index in [9.17, 15) is 14.0 Å². The number of urea groups is 1. The van der Waals surface area contributed by atoms with Gasteiger partial charge in [-0.25, -0.2) is 9.18 Å². The first-order valence-corrected chi connectivity index (χ1v) is 8.56. The van der Waals surface area contributed by atoms with Crippen molar-refractivity contribution in [1.82, 2.24) is 9.80 Å². The average Bonchev–Trinajstić information content (AvgIpc) is 3.04. The Bertz CT molecular complexity index is 647. The van der Waals surface area contributed by atoms with Gasteiger partial charge >= 0.3 is 6.03 Å². The molecule has 2 aliphatic rings. The molecule has 0 radical (unpaired) electrons. The number of hydrogen-bond acceptors (Lipinski definition) is 2. The Morgan fingerprint density at radius 3 is 2.71 bits per heavy atom. The van der Waals surface area contributed by atoms with Gasteiger partial charge in [-0.3, -0.25) is 4.79 Å². The summed E-state index contributed by atoms with van der Waals surface area (Å²) in [6.07, 6.45) is 5.53. The van der Waals surface area contributed by atoms with Crippen molar-refractivity contribution in [1.29, 1.82) is 0 Å². The van der Waals surface area contributed by atoms with Crippen LogP contribution in [0.3, 0.4) is 0 Å². The number of benzene rings is 1. The van der Waals surface area contributed by atoms with Crippen LogP contribution in [0.15, 0.2) is 18.2 Å². The van der Waals surface area contributed by atoms with Crippen molar-refractivity contribution >= 4 is 17.6 Å². The molecule has 2 fully saturated rings. The molecular weight excluding hydrogens is 309 g/mol. The Morgan fingerprint density at radius 2 is 1.96 bits per heavy atom. The highest BCUT2D eigenvalue weighted by atomic mass is 19.1. The average molecular weight is 333 g/mol. The molecule has 24 heavy (non-hydrogen) atoms. The van der Waals surface area contributed by atoms with Crippen LogP contribution in [-0.2, 0) is 0 Å². The van der Waals surface area contributed by atoms with Gasteiger partial charge in [-0.05, 0) is 49.8 Å². The lowest BCUT2D eigenvalue weighted by atomic mass is 9.92.